The van der Waals surface area contributed by atoms with Crippen LogP contribution in [-0.4, -0.2) is 24.3 Å². The third-order valence-corrected chi connectivity index (χ3v) is 4.25. The van der Waals surface area contributed by atoms with Crippen LogP contribution in [0.25, 0.3) is 0 Å². The second-order valence-corrected chi connectivity index (χ2v) is 6.40. The molecule has 0 unspecified atom stereocenters. The van der Waals surface area contributed by atoms with E-state index >= 15 is 0 Å². The van der Waals surface area contributed by atoms with Crippen LogP contribution >= 0.6 is 11.6 Å². The van der Waals surface area contributed by atoms with Crippen LogP contribution in [-0.2, 0) is 9.53 Å². The van der Waals surface area contributed by atoms with Gasteiger partial charge in [-0.25, -0.2) is 9.18 Å². The summed E-state index contributed by atoms with van der Waals surface area (Å²) in [5.41, 5.74) is 0.921. The van der Waals surface area contributed by atoms with Crippen LogP contribution in [0.5, 0.6) is 0 Å². The van der Waals surface area contributed by atoms with Crippen LogP contribution in [0.4, 0.5) is 10.1 Å². The van der Waals surface area contributed by atoms with E-state index in [0.717, 1.165) is 6.07 Å². The van der Waals surface area contributed by atoms with Crippen molar-refractivity contribution < 1.29 is 23.5 Å². The molecule has 0 fully saturated rings. The van der Waals surface area contributed by atoms with Gasteiger partial charge in [-0.1, -0.05) is 60.1 Å². The lowest BCUT2D eigenvalue weighted by Gasteiger charge is -2.10. The summed E-state index contributed by atoms with van der Waals surface area (Å²) in [6.45, 7) is -0.582. The summed E-state index contributed by atoms with van der Waals surface area (Å²) >= 11 is 5.66. The van der Waals surface area contributed by atoms with Crippen LogP contribution < -0.4 is 5.32 Å². The third-order valence-electron chi connectivity index (χ3n) is 3.97. The average Bonchev–Trinajstić information content (AvgIpc) is 2.74. The molecule has 29 heavy (non-hydrogen) atoms. The number of nitrogens with one attached hydrogen (secondary N) is 1. The van der Waals surface area contributed by atoms with Gasteiger partial charge < -0.3 is 10.1 Å². The summed E-state index contributed by atoms with van der Waals surface area (Å²) in [5.74, 6) is -2.38. The van der Waals surface area contributed by atoms with Crippen molar-refractivity contribution in [1.29, 1.82) is 0 Å². The highest BCUT2D eigenvalue weighted by Crippen LogP contribution is 2.19. The molecular formula is C22H15ClFNO4. The quantitative estimate of drug-likeness (QED) is 0.478. The van der Waals surface area contributed by atoms with E-state index in [-0.39, 0.29) is 27.6 Å². The Kier molecular flexibility index (Phi) is 6.36. The second kappa shape index (κ2) is 9.12. The lowest BCUT2D eigenvalue weighted by molar-refractivity contribution is -0.119. The zero-order valence-electron chi connectivity index (χ0n) is 15.0. The van der Waals surface area contributed by atoms with E-state index in [9.17, 15) is 18.8 Å². The van der Waals surface area contributed by atoms with Gasteiger partial charge in [-0.05, 0) is 24.3 Å². The summed E-state index contributed by atoms with van der Waals surface area (Å²) in [6, 6.07) is 18.4. The maximum absolute atomic E-state index is 13.2. The van der Waals surface area contributed by atoms with Gasteiger partial charge >= 0.3 is 5.97 Å². The topological polar surface area (TPSA) is 72.5 Å². The van der Waals surface area contributed by atoms with Crippen molar-refractivity contribution in [3.8, 4) is 0 Å². The molecule has 0 aromatic heterocycles. The fraction of sp³-hybridized carbons (Fsp3) is 0.0455. The fourth-order valence-corrected chi connectivity index (χ4v) is 2.76. The van der Waals surface area contributed by atoms with Gasteiger partial charge in [0.25, 0.3) is 5.91 Å². The van der Waals surface area contributed by atoms with Crippen LogP contribution in [0.15, 0.2) is 72.8 Å². The monoisotopic (exact) mass is 411 g/mol. The molecule has 0 spiro atoms. The summed E-state index contributed by atoms with van der Waals surface area (Å²) in [5, 5.41) is 2.30. The van der Waals surface area contributed by atoms with E-state index < -0.39 is 24.3 Å². The average molecular weight is 412 g/mol. The summed E-state index contributed by atoms with van der Waals surface area (Å²) < 4.78 is 18.2. The second-order valence-electron chi connectivity index (χ2n) is 5.99. The molecule has 3 rings (SSSR count). The smallest absolute Gasteiger partial charge is 0.339 e. The normalized spacial score (nSPS) is 10.3. The van der Waals surface area contributed by atoms with Crippen LogP contribution in [0.2, 0.25) is 5.02 Å². The minimum absolute atomic E-state index is 0.0546. The minimum Gasteiger partial charge on any atom is -0.452 e. The van der Waals surface area contributed by atoms with Crippen LogP contribution in [0, 0.1) is 5.82 Å². The number of ketones is 1. The highest BCUT2D eigenvalue weighted by Gasteiger charge is 2.19. The van der Waals surface area contributed by atoms with Crippen molar-refractivity contribution in [2.24, 2.45) is 0 Å². The Bertz CT molecular complexity index is 1070. The summed E-state index contributed by atoms with van der Waals surface area (Å²) in [7, 11) is 0. The lowest BCUT2D eigenvalue weighted by Crippen LogP contribution is -2.22. The van der Waals surface area contributed by atoms with E-state index in [2.05, 4.69) is 5.32 Å². The van der Waals surface area contributed by atoms with Gasteiger partial charge in [-0.2, -0.15) is 0 Å². The number of hydrogen-bond donors (Lipinski definition) is 1. The number of carbonyl (C=O) groups excluding carboxylic acids is 3. The summed E-state index contributed by atoms with van der Waals surface area (Å²) in [6.07, 6.45) is 0. The van der Waals surface area contributed by atoms with Crippen molar-refractivity contribution in [3.63, 3.8) is 0 Å². The highest BCUT2D eigenvalue weighted by molar-refractivity contribution is 6.31. The Morgan fingerprint density at radius 2 is 1.55 bits per heavy atom. The van der Waals surface area contributed by atoms with Gasteiger partial charge in [0.2, 0.25) is 0 Å². The van der Waals surface area contributed by atoms with Crippen molar-refractivity contribution >= 4 is 34.9 Å². The van der Waals surface area contributed by atoms with Crippen molar-refractivity contribution in [1.82, 2.24) is 0 Å². The first kappa shape index (κ1) is 20.2. The molecule has 0 radical (unpaired) electrons. The molecule has 0 aliphatic carbocycles. The zero-order chi connectivity index (χ0) is 20.8. The predicted octanol–water partition coefficient (Wildman–Crippen LogP) is 4.51. The van der Waals surface area contributed by atoms with E-state index in [1.807, 2.05) is 0 Å². The Morgan fingerprint density at radius 1 is 0.897 bits per heavy atom. The van der Waals surface area contributed by atoms with Crippen LogP contribution in [0.1, 0.15) is 26.3 Å². The molecule has 0 atom stereocenters. The number of amides is 1. The van der Waals surface area contributed by atoms with Crippen LogP contribution in [0.3, 0.4) is 0 Å². The predicted molar refractivity (Wildman–Crippen MR) is 107 cm³/mol. The molecule has 0 aliphatic heterocycles. The molecule has 7 heteroatoms. The molecule has 0 aliphatic rings. The lowest BCUT2D eigenvalue weighted by atomic mass is 9.98. The molecule has 0 bridgehead atoms. The minimum atomic E-state index is -0.808. The number of anilines is 1. The molecule has 146 valence electrons. The maximum Gasteiger partial charge on any atom is 0.339 e. The van der Waals surface area contributed by atoms with E-state index in [4.69, 9.17) is 16.3 Å². The molecule has 0 heterocycles. The number of esters is 1. The number of carbonyl (C=O) groups is 3. The van der Waals surface area contributed by atoms with Crippen molar-refractivity contribution in [2.75, 3.05) is 11.9 Å². The third kappa shape index (κ3) is 5.06. The fourth-order valence-electron chi connectivity index (χ4n) is 2.58. The number of ether oxygens (including phenoxy) is 1. The van der Waals surface area contributed by atoms with Gasteiger partial charge in [0.15, 0.2) is 12.4 Å². The number of rotatable bonds is 6. The van der Waals surface area contributed by atoms with Gasteiger partial charge in [-0.15, -0.1) is 0 Å². The molecule has 0 saturated heterocycles. The van der Waals surface area contributed by atoms with Gasteiger partial charge in [0.05, 0.1) is 10.6 Å². The molecular weight excluding hydrogens is 397 g/mol. The Morgan fingerprint density at radius 3 is 2.24 bits per heavy atom. The molecule has 5 nitrogen and oxygen atoms in total. The first-order chi connectivity index (χ1) is 14.0. The van der Waals surface area contributed by atoms with E-state index in [1.165, 1.54) is 24.3 Å². The maximum atomic E-state index is 13.2. The molecule has 1 N–H and O–H groups in total. The Balaban J connectivity index is 1.67. The summed E-state index contributed by atoms with van der Waals surface area (Å²) in [4.78, 5) is 37.1. The Labute approximate surface area is 171 Å². The number of halogens is 2. The molecule has 3 aromatic carbocycles. The standard InChI is InChI=1S/C22H15ClFNO4/c23-18-12-15(10-11-19(18)24)25-20(26)13-29-22(28)17-9-5-4-8-16(17)21(27)14-6-2-1-3-7-14/h1-12H,13H2,(H,25,26). The number of benzene rings is 3. The van der Waals surface area contributed by atoms with E-state index in [0.29, 0.717) is 5.56 Å². The van der Waals surface area contributed by atoms with Gasteiger partial charge in [0.1, 0.15) is 5.82 Å². The SMILES string of the molecule is O=C(COC(=O)c1ccccc1C(=O)c1ccccc1)Nc1ccc(F)c(Cl)c1. The first-order valence-corrected chi connectivity index (χ1v) is 8.94. The van der Waals surface area contributed by atoms with Gasteiger partial charge in [-0.3, -0.25) is 9.59 Å². The molecule has 1 amide bonds. The van der Waals surface area contributed by atoms with E-state index in [1.54, 1.807) is 42.5 Å². The highest BCUT2D eigenvalue weighted by atomic mass is 35.5. The molecule has 0 saturated carbocycles. The Hall–Kier alpha value is -3.51. The van der Waals surface area contributed by atoms with Crippen molar-refractivity contribution in [3.05, 3.63) is 100 Å². The van der Waals surface area contributed by atoms with Gasteiger partial charge in [0, 0.05) is 16.8 Å². The number of hydrogen-bond acceptors (Lipinski definition) is 4. The first-order valence-electron chi connectivity index (χ1n) is 8.56. The largest absolute Gasteiger partial charge is 0.452 e. The zero-order valence-corrected chi connectivity index (χ0v) is 15.8. The van der Waals surface area contributed by atoms with Crippen molar-refractivity contribution in [2.45, 2.75) is 0 Å². The molecule has 3 aromatic rings.